The number of nitrogens with two attached hydrogens (primary N) is 1. The van der Waals surface area contributed by atoms with E-state index in [1.54, 1.807) is 12.5 Å². The summed E-state index contributed by atoms with van der Waals surface area (Å²) in [5, 5.41) is 11.3. The Hall–Kier alpha value is -2.49. The van der Waals surface area contributed by atoms with Gasteiger partial charge in [0.15, 0.2) is 5.65 Å². The predicted molar refractivity (Wildman–Crippen MR) is 127 cm³/mol. The minimum Gasteiger partial charge on any atom is -0.616 e. The molecule has 2 aromatic heterocycles. The fraction of sp³-hybridized carbons (Fsp3) is 0.455. The van der Waals surface area contributed by atoms with Crippen molar-refractivity contribution in [2.45, 2.75) is 43.5 Å². The molecule has 4 N–H and O–H groups in total. The van der Waals surface area contributed by atoms with E-state index in [9.17, 15) is 4.55 Å². The van der Waals surface area contributed by atoms with Crippen molar-refractivity contribution in [3.05, 3.63) is 42.1 Å². The maximum Gasteiger partial charge on any atom is 0.159 e. The summed E-state index contributed by atoms with van der Waals surface area (Å²) in [5.74, 6) is 2.21. The number of hydrogen-bond acceptors (Lipinski definition) is 7. The Balaban J connectivity index is 1.43. The molecule has 1 saturated heterocycles. The highest BCUT2D eigenvalue weighted by molar-refractivity contribution is 7.89. The molecule has 0 spiro atoms. The number of fused-ring (bicyclic) bond motifs is 1. The van der Waals surface area contributed by atoms with Crippen molar-refractivity contribution in [2.24, 2.45) is 5.73 Å². The molecule has 2 fully saturated rings. The van der Waals surface area contributed by atoms with Crippen LogP contribution in [-0.2, 0) is 16.9 Å². The Morgan fingerprint density at radius 1 is 1.23 bits per heavy atom. The summed E-state index contributed by atoms with van der Waals surface area (Å²) in [6.07, 6.45) is 8.03. The molecule has 2 aliphatic rings. The molecule has 5 rings (SSSR count). The Morgan fingerprint density at radius 3 is 2.87 bits per heavy atom. The Bertz CT molecular complexity index is 1070. The first-order valence-electron chi connectivity index (χ1n) is 10.9. The molecule has 0 bridgehead atoms. The lowest BCUT2D eigenvalue weighted by atomic mass is 10.0. The van der Waals surface area contributed by atoms with Gasteiger partial charge in [-0.15, -0.1) is 0 Å². The zero-order valence-corrected chi connectivity index (χ0v) is 18.6. The minimum atomic E-state index is -0.934. The van der Waals surface area contributed by atoms with Crippen molar-refractivity contribution < 1.29 is 4.55 Å². The van der Waals surface area contributed by atoms with Crippen LogP contribution in [0, 0.1) is 0 Å². The van der Waals surface area contributed by atoms with Gasteiger partial charge in [-0.05, 0) is 43.9 Å². The molecule has 0 amide bonds. The minimum absolute atomic E-state index is 0.190. The number of benzene rings is 1. The summed E-state index contributed by atoms with van der Waals surface area (Å²) < 4.78 is 13.9. The van der Waals surface area contributed by atoms with Gasteiger partial charge in [-0.3, -0.25) is 0 Å². The van der Waals surface area contributed by atoms with Gasteiger partial charge in [0.2, 0.25) is 0 Å². The van der Waals surface area contributed by atoms with Gasteiger partial charge in [-0.2, -0.15) is 9.61 Å². The normalized spacial score (nSPS) is 20.1. The summed E-state index contributed by atoms with van der Waals surface area (Å²) in [6.45, 7) is 1.82. The Labute approximate surface area is 185 Å². The van der Waals surface area contributed by atoms with Crippen molar-refractivity contribution in [3.63, 3.8) is 0 Å². The second-order valence-corrected chi connectivity index (χ2v) is 10.0. The second kappa shape index (κ2) is 8.57. The van der Waals surface area contributed by atoms with E-state index in [4.69, 9.17) is 10.7 Å². The highest BCUT2D eigenvalue weighted by Gasteiger charge is 2.23. The van der Waals surface area contributed by atoms with Crippen LogP contribution in [0.5, 0.6) is 0 Å². The highest BCUT2D eigenvalue weighted by atomic mass is 32.2. The SMILES string of the molecule is C[S@@+]([O-])Cc1cc(Nc2cc(NC3CC3)n3nccc3n2)ccc1N1CCC[C@@H](N)C1. The molecule has 31 heavy (non-hydrogen) atoms. The van der Waals surface area contributed by atoms with Crippen LogP contribution in [0.4, 0.5) is 23.0 Å². The van der Waals surface area contributed by atoms with Gasteiger partial charge in [0.25, 0.3) is 0 Å². The van der Waals surface area contributed by atoms with E-state index in [0.717, 1.165) is 60.2 Å². The molecule has 1 aliphatic heterocycles. The van der Waals surface area contributed by atoms with Crippen LogP contribution < -0.4 is 21.3 Å². The van der Waals surface area contributed by atoms with Crippen LogP contribution in [0.2, 0.25) is 0 Å². The lowest BCUT2D eigenvalue weighted by Crippen LogP contribution is -2.43. The molecule has 2 atom stereocenters. The van der Waals surface area contributed by atoms with E-state index in [1.807, 2.05) is 16.6 Å². The molecular formula is C22H29N7OS. The van der Waals surface area contributed by atoms with Crippen LogP contribution in [0.3, 0.4) is 0 Å². The van der Waals surface area contributed by atoms with Gasteiger partial charge in [0.05, 0.1) is 12.5 Å². The van der Waals surface area contributed by atoms with Gasteiger partial charge in [-0.25, -0.2) is 4.98 Å². The molecule has 8 nitrogen and oxygen atoms in total. The highest BCUT2D eigenvalue weighted by Crippen LogP contribution is 2.31. The molecule has 3 aromatic rings. The van der Waals surface area contributed by atoms with Crippen LogP contribution >= 0.6 is 0 Å². The molecule has 9 heteroatoms. The molecular weight excluding hydrogens is 410 g/mol. The topological polar surface area (TPSA) is 107 Å². The van der Waals surface area contributed by atoms with E-state index in [0.29, 0.717) is 11.8 Å². The monoisotopic (exact) mass is 439 g/mol. The first-order chi connectivity index (χ1) is 15.0. The van der Waals surface area contributed by atoms with E-state index >= 15 is 0 Å². The predicted octanol–water partition coefficient (Wildman–Crippen LogP) is 2.85. The standard InChI is InChI=1S/C22H29N7OS/c1-31(30)14-15-11-18(6-7-19(15)28-10-2-3-16(23)13-28)25-20-12-22(26-17-4-5-17)29-21(27-20)8-9-24-29/h6-9,11-12,16-17,26H,2-5,10,13-14,23H2,1H3,(H,25,27)/t16-,31-/m1/s1. The summed E-state index contributed by atoms with van der Waals surface area (Å²) >= 11 is -0.934. The van der Waals surface area contributed by atoms with Crippen molar-refractivity contribution in [1.29, 1.82) is 0 Å². The number of rotatable bonds is 7. The smallest absolute Gasteiger partial charge is 0.159 e. The third-order valence-corrected chi connectivity index (χ3v) is 6.52. The number of hydrogen-bond donors (Lipinski definition) is 3. The molecule has 164 valence electrons. The van der Waals surface area contributed by atoms with E-state index in [-0.39, 0.29) is 6.04 Å². The quantitative estimate of drug-likeness (QED) is 0.486. The van der Waals surface area contributed by atoms with Crippen LogP contribution in [0.25, 0.3) is 5.65 Å². The fourth-order valence-electron chi connectivity index (χ4n) is 4.20. The van der Waals surface area contributed by atoms with E-state index in [1.165, 1.54) is 12.8 Å². The van der Waals surface area contributed by atoms with E-state index < -0.39 is 11.2 Å². The van der Waals surface area contributed by atoms with Crippen LogP contribution in [0.15, 0.2) is 36.5 Å². The number of anilines is 4. The number of nitrogens with zero attached hydrogens (tertiary/aromatic N) is 4. The zero-order chi connectivity index (χ0) is 21.4. The van der Waals surface area contributed by atoms with Crippen molar-refractivity contribution >= 4 is 39.8 Å². The molecule has 1 saturated carbocycles. The Kier molecular flexibility index (Phi) is 5.64. The van der Waals surface area contributed by atoms with E-state index in [2.05, 4.69) is 38.8 Å². The molecule has 1 aliphatic carbocycles. The lowest BCUT2D eigenvalue weighted by Gasteiger charge is -2.34. The zero-order valence-electron chi connectivity index (χ0n) is 17.8. The van der Waals surface area contributed by atoms with Crippen LogP contribution in [0.1, 0.15) is 31.2 Å². The van der Waals surface area contributed by atoms with Gasteiger partial charge in [0.1, 0.15) is 17.4 Å². The van der Waals surface area contributed by atoms with Crippen molar-refractivity contribution in [2.75, 3.05) is 34.9 Å². The summed E-state index contributed by atoms with van der Waals surface area (Å²) in [6, 6.07) is 10.9. The Morgan fingerprint density at radius 2 is 2.10 bits per heavy atom. The summed E-state index contributed by atoms with van der Waals surface area (Å²) in [5.41, 5.74) is 10.1. The lowest BCUT2D eigenvalue weighted by molar-refractivity contribution is 0.505. The largest absolute Gasteiger partial charge is 0.616 e. The molecule has 0 unspecified atom stereocenters. The fourth-order valence-corrected chi connectivity index (χ4v) is 4.87. The van der Waals surface area contributed by atoms with Crippen LogP contribution in [-0.4, -0.2) is 50.6 Å². The molecule has 0 radical (unpaired) electrons. The average Bonchev–Trinajstić information content (AvgIpc) is 3.41. The number of aromatic nitrogens is 3. The van der Waals surface area contributed by atoms with Crippen molar-refractivity contribution in [1.82, 2.24) is 14.6 Å². The van der Waals surface area contributed by atoms with Gasteiger partial charge >= 0.3 is 0 Å². The van der Waals surface area contributed by atoms with Gasteiger partial charge < -0.3 is 25.8 Å². The van der Waals surface area contributed by atoms with Gasteiger partial charge in [-0.1, -0.05) is 11.2 Å². The average molecular weight is 440 g/mol. The summed E-state index contributed by atoms with van der Waals surface area (Å²) in [7, 11) is 0. The third kappa shape index (κ3) is 4.73. The third-order valence-electron chi connectivity index (χ3n) is 5.80. The number of piperidine rings is 1. The maximum atomic E-state index is 12.1. The maximum absolute atomic E-state index is 12.1. The first-order valence-corrected chi connectivity index (χ1v) is 12.6. The summed E-state index contributed by atoms with van der Waals surface area (Å²) in [4.78, 5) is 7.02. The number of nitrogens with one attached hydrogen (secondary N) is 2. The van der Waals surface area contributed by atoms with Crippen molar-refractivity contribution in [3.8, 4) is 0 Å². The molecule has 3 heterocycles. The molecule has 1 aromatic carbocycles. The first kappa shape index (κ1) is 20.4. The van der Waals surface area contributed by atoms with Gasteiger partial charge in [0, 0.05) is 54.2 Å². The second-order valence-electron chi connectivity index (χ2n) is 8.58.